The molecule has 0 bridgehead atoms. The van der Waals surface area contributed by atoms with Crippen molar-refractivity contribution in [3.05, 3.63) is 28.8 Å². The normalized spacial score (nSPS) is 26.6. The smallest absolute Gasteiger partial charge is 0.254 e. The molecule has 3 heterocycles. The van der Waals surface area contributed by atoms with E-state index in [9.17, 15) is 9.59 Å². The number of amides is 2. The predicted octanol–water partition coefficient (Wildman–Crippen LogP) is 6.26. The molecular formula is C33H51N3O3. The van der Waals surface area contributed by atoms with E-state index in [1.807, 2.05) is 12.1 Å². The summed E-state index contributed by atoms with van der Waals surface area (Å²) in [6.07, 6.45) is 16.2. The van der Waals surface area contributed by atoms with Crippen LogP contribution in [-0.4, -0.2) is 54.5 Å². The number of hydrogen-bond acceptors (Lipinski definition) is 4. The Balaban J connectivity index is 1.39. The molecule has 1 aromatic rings. The minimum atomic E-state index is -0.0762. The van der Waals surface area contributed by atoms with Crippen molar-refractivity contribution in [2.75, 3.05) is 19.7 Å². The van der Waals surface area contributed by atoms with Crippen molar-refractivity contribution in [1.29, 1.82) is 0 Å². The molecular weight excluding hydrogens is 486 g/mol. The first-order chi connectivity index (χ1) is 18.8. The number of benzene rings is 1. The van der Waals surface area contributed by atoms with Crippen molar-refractivity contribution in [3.63, 3.8) is 0 Å². The fourth-order valence-corrected chi connectivity index (χ4v) is 7.48. The number of carbonyl (C=O) groups is 2. The van der Waals surface area contributed by atoms with Crippen molar-refractivity contribution in [3.8, 4) is 5.75 Å². The molecule has 1 saturated carbocycles. The average Bonchev–Trinajstić information content (AvgIpc) is 3.55. The van der Waals surface area contributed by atoms with E-state index in [1.54, 1.807) is 0 Å². The summed E-state index contributed by atoms with van der Waals surface area (Å²) < 4.78 is 6.33. The number of fused-ring (bicyclic) bond motifs is 1. The molecule has 1 unspecified atom stereocenters. The minimum Gasteiger partial charge on any atom is -0.493 e. The Hall–Kier alpha value is -2.08. The first-order valence-corrected chi connectivity index (χ1v) is 16.0. The van der Waals surface area contributed by atoms with E-state index in [2.05, 4.69) is 36.3 Å². The lowest BCUT2D eigenvalue weighted by Gasteiger charge is -2.33. The standard InChI is InChI=1S/C33H51N3O3/c1-23(19-26-13-9-17-34-26)35-31(37)28-20-25(21-30-27(28)15-16-33(2,3)22-39-30)32(38)36-18-10-14-29(36)24-11-7-5-4-6-8-12-24/h20-21,23-24,26,29,34H,4-19,22H2,1-3H3,(H,35,37)/t23-,26+,29?/m0/s1. The van der Waals surface area contributed by atoms with Crippen LogP contribution in [0.25, 0.3) is 0 Å². The highest BCUT2D eigenvalue weighted by atomic mass is 16.5. The van der Waals surface area contributed by atoms with Gasteiger partial charge in [0.25, 0.3) is 11.8 Å². The summed E-state index contributed by atoms with van der Waals surface area (Å²) in [5.74, 6) is 1.32. The van der Waals surface area contributed by atoms with Crippen LogP contribution < -0.4 is 15.4 Å². The van der Waals surface area contributed by atoms with Gasteiger partial charge in [-0.1, -0.05) is 46.0 Å². The van der Waals surface area contributed by atoms with Gasteiger partial charge in [0.05, 0.1) is 6.61 Å². The van der Waals surface area contributed by atoms with Gasteiger partial charge in [-0.15, -0.1) is 0 Å². The molecule has 2 saturated heterocycles. The Morgan fingerprint density at radius 2 is 1.82 bits per heavy atom. The lowest BCUT2D eigenvalue weighted by atomic mass is 9.84. The maximum atomic E-state index is 14.1. The predicted molar refractivity (Wildman–Crippen MR) is 156 cm³/mol. The summed E-state index contributed by atoms with van der Waals surface area (Å²) in [6.45, 7) is 8.99. The summed E-state index contributed by atoms with van der Waals surface area (Å²) in [5.41, 5.74) is 2.22. The van der Waals surface area contributed by atoms with Crippen LogP contribution in [0.4, 0.5) is 0 Å². The summed E-state index contributed by atoms with van der Waals surface area (Å²) in [4.78, 5) is 30.0. The lowest BCUT2D eigenvalue weighted by Crippen LogP contribution is -2.41. The molecule has 0 radical (unpaired) electrons. The average molecular weight is 538 g/mol. The van der Waals surface area contributed by atoms with Crippen LogP contribution in [0.1, 0.15) is 131 Å². The summed E-state index contributed by atoms with van der Waals surface area (Å²) >= 11 is 0. The van der Waals surface area contributed by atoms with Crippen LogP contribution in [0.5, 0.6) is 5.75 Å². The first kappa shape index (κ1) is 28.4. The van der Waals surface area contributed by atoms with Crippen LogP contribution in [0.3, 0.4) is 0 Å². The van der Waals surface area contributed by atoms with Crippen LogP contribution in [0.15, 0.2) is 12.1 Å². The lowest BCUT2D eigenvalue weighted by molar-refractivity contribution is 0.0668. The zero-order chi connectivity index (χ0) is 27.4. The maximum absolute atomic E-state index is 14.1. The van der Waals surface area contributed by atoms with Crippen LogP contribution >= 0.6 is 0 Å². The summed E-state index contributed by atoms with van der Waals surface area (Å²) in [5, 5.41) is 6.80. The van der Waals surface area contributed by atoms with Crippen molar-refractivity contribution in [1.82, 2.24) is 15.5 Å². The van der Waals surface area contributed by atoms with E-state index in [0.717, 1.165) is 56.5 Å². The van der Waals surface area contributed by atoms with E-state index >= 15 is 0 Å². The number of hydrogen-bond donors (Lipinski definition) is 2. The Kier molecular flexibility index (Phi) is 9.20. The molecule has 39 heavy (non-hydrogen) atoms. The molecule has 5 rings (SSSR count). The number of nitrogens with one attached hydrogen (secondary N) is 2. The number of carbonyl (C=O) groups excluding carboxylic acids is 2. The summed E-state index contributed by atoms with van der Waals surface area (Å²) in [7, 11) is 0. The Bertz CT molecular complexity index is 1010. The van der Waals surface area contributed by atoms with Crippen LogP contribution in [-0.2, 0) is 6.42 Å². The van der Waals surface area contributed by atoms with E-state index in [4.69, 9.17) is 4.74 Å². The second-order valence-corrected chi connectivity index (χ2v) is 13.7. The Morgan fingerprint density at radius 1 is 1.05 bits per heavy atom. The SMILES string of the molecule is C[C@@H](C[C@H]1CCCN1)NC(=O)c1cc(C(=O)N2CCCC2C2CCCCCCC2)cc2c1CCC(C)(C)CO2. The van der Waals surface area contributed by atoms with Gasteiger partial charge in [-0.25, -0.2) is 0 Å². The Labute approximate surface area is 236 Å². The first-order valence-electron chi connectivity index (χ1n) is 16.0. The van der Waals surface area contributed by atoms with E-state index in [1.165, 1.54) is 57.8 Å². The number of likely N-dealkylation sites (tertiary alicyclic amines) is 1. The Morgan fingerprint density at radius 3 is 2.56 bits per heavy atom. The highest BCUT2D eigenvalue weighted by Crippen LogP contribution is 2.38. The molecule has 1 aliphatic carbocycles. The van der Waals surface area contributed by atoms with Gasteiger partial charge in [-0.2, -0.15) is 0 Å². The van der Waals surface area contributed by atoms with Crippen molar-refractivity contribution >= 4 is 11.8 Å². The molecule has 2 N–H and O–H groups in total. The quantitative estimate of drug-likeness (QED) is 0.449. The molecule has 3 atom stereocenters. The summed E-state index contributed by atoms with van der Waals surface area (Å²) in [6, 6.07) is 4.68. The second kappa shape index (κ2) is 12.6. The van der Waals surface area contributed by atoms with E-state index < -0.39 is 0 Å². The van der Waals surface area contributed by atoms with Crippen molar-refractivity contribution in [2.45, 2.75) is 129 Å². The molecule has 0 aromatic heterocycles. The zero-order valence-corrected chi connectivity index (χ0v) is 24.7. The van der Waals surface area contributed by atoms with Gasteiger partial charge >= 0.3 is 0 Å². The monoisotopic (exact) mass is 537 g/mol. The maximum Gasteiger partial charge on any atom is 0.254 e. The zero-order valence-electron chi connectivity index (χ0n) is 24.7. The fourth-order valence-electron chi connectivity index (χ4n) is 7.48. The van der Waals surface area contributed by atoms with E-state index in [0.29, 0.717) is 35.7 Å². The molecule has 6 nitrogen and oxygen atoms in total. The van der Waals surface area contributed by atoms with Gasteiger partial charge in [0.15, 0.2) is 0 Å². The third-order valence-electron chi connectivity index (χ3n) is 9.80. The molecule has 1 aromatic carbocycles. The molecule has 3 aliphatic heterocycles. The third kappa shape index (κ3) is 6.99. The van der Waals surface area contributed by atoms with Gasteiger partial charge in [0.2, 0.25) is 0 Å². The van der Waals surface area contributed by atoms with E-state index in [-0.39, 0.29) is 23.3 Å². The highest BCUT2D eigenvalue weighted by molar-refractivity contribution is 6.02. The van der Waals surface area contributed by atoms with Gasteiger partial charge in [-0.3, -0.25) is 9.59 Å². The minimum absolute atomic E-state index is 0.0244. The second-order valence-electron chi connectivity index (χ2n) is 13.7. The fraction of sp³-hybridized carbons (Fsp3) is 0.758. The molecule has 4 aliphatic rings. The largest absolute Gasteiger partial charge is 0.493 e. The van der Waals surface area contributed by atoms with Gasteiger partial charge in [0, 0.05) is 41.4 Å². The topological polar surface area (TPSA) is 70.7 Å². The molecule has 3 fully saturated rings. The molecule has 216 valence electrons. The molecule has 0 spiro atoms. The molecule has 6 heteroatoms. The number of ether oxygens (including phenoxy) is 1. The molecule has 2 amide bonds. The third-order valence-corrected chi connectivity index (χ3v) is 9.80. The van der Waals surface area contributed by atoms with Crippen LogP contribution in [0, 0.1) is 11.3 Å². The van der Waals surface area contributed by atoms with Crippen molar-refractivity contribution < 1.29 is 14.3 Å². The highest BCUT2D eigenvalue weighted by Gasteiger charge is 2.36. The van der Waals surface area contributed by atoms with Gasteiger partial charge in [-0.05, 0) is 94.7 Å². The van der Waals surface area contributed by atoms with Crippen LogP contribution in [0.2, 0.25) is 0 Å². The number of nitrogens with zero attached hydrogens (tertiary/aromatic N) is 1. The van der Waals surface area contributed by atoms with Crippen molar-refractivity contribution in [2.24, 2.45) is 11.3 Å². The van der Waals surface area contributed by atoms with Gasteiger partial charge < -0.3 is 20.3 Å². The van der Waals surface area contributed by atoms with Gasteiger partial charge in [0.1, 0.15) is 5.75 Å². The number of rotatable bonds is 6.